The smallest absolute Gasteiger partial charge is 0.101 e. The Morgan fingerprint density at radius 1 is 1.13 bits per heavy atom. The highest BCUT2D eigenvalue weighted by Crippen LogP contribution is 2.34. The van der Waals surface area contributed by atoms with Gasteiger partial charge in [-0.1, -0.05) is 30.3 Å². The van der Waals surface area contributed by atoms with Gasteiger partial charge in [-0.05, 0) is 6.07 Å². The highest BCUT2D eigenvalue weighted by molar-refractivity contribution is 7.26. The molecule has 1 nitrogen and oxygen atoms in total. The van der Waals surface area contributed by atoms with Gasteiger partial charge < -0.3 is 0 Å². The van der Waals surface area contributed by atoms with Crippen molar-refractivity contribution < 1.29 is 0 Å². The lowest BCUT2D eigenvalue weighted by atomic mass is 10.1. The fourth-order valence-corrected chi connectivity index (χ4v) is 2.90. The first-order valence-corrected chi connectivity index (χ1v) is 5.44. The minimum atomic E-state index is 0.752. The van der Waals surface area contributed by atoms with Gasteiger partial charge in [0.05, 0.1) is 10.3 Å². The summed E-state index contributed by atoms with van der Waals surface area (Å²) in [5, 5.41) is 11.4. The molecule has 3 rings (SSSR count). The van der Waals surface area contributed by atoms with Crippen LogP contribution >= 0.6 is 11.3 Å². The molecule has 0 atom stereocenters. The zero-order valence-electron chi connectivity index (χ0n) is 7.82. The normalized spacial score (nSPS) is 10.6. The molecule has 0 N–H and O–H groups in total. The van der Waals surface area contributed by atoms with Crippen LogP contribution in [-0.4, -0.2) is 0 Å². The lowest BCUT2D eigenvalue weighted by molar-refractivity contribution is 1.51. The Kier molecular flexibility index (Phi) is 1.74. The number of rotatable bonds is 0. The van der Waals surface area contributed by atoms with Crippen LogP contribution in [-0.2, 0) is 0 Å². The van der Waals surface area contributed by atoms with Crippen LogP contribution in [0, 0.1) is 17.4 Å². The number of nitrogens with zero attached hydrogens (tertiary/aromatic N) is 1. The van der Waals surface area contributed by atoms with Crippen LogP contribution in [0.5, 0.6) is 0 Å². The lowest BCUT2D eigenvalue weighted by Gasteiger charge is -1.91. The molecule has 0 aliphatic rings. The molecule has 1 heterocycles. The van der Waals surface area contributed by atoms with Crippen LogP contribution in [0.3, 0.4) is 0 Å². The Labute approximate surface area is 91.2 Å². The molecule has 0 amide bonds. The van der Waals surface area contributed by atoms with Crippen LogP contribution in [0.2, 0.25) is 0 Å². The van der Waals surface area contributed by atoms with E-state index >= 15 is 0 Å². The van der Waals surface area contributed by atoms with Crippen LogP contribution in [0.4, 0.5) is 0 Å². The Hall–Kier alpha value is -1.85. The minimum absolute atomic E-state index is 0.752. The molecule has 0 aliphatic carbocycles. The lowest BCUT2D eigenvalue weighted by Crippen LogP contribution is -1.72. The minimum Gasteiger partial charge on any atom is -0.192 e. The van der Waals surface area contributed by atoms with Crippen molar-refractivity contribution in [2.45, 2.75) is 0 Å². The van der Waals surface area contributed by atoms with E-state index in [4.69, 9.17) is 5.26 Å². The molecule has 15 heavy (non-hydrogen) atoms. The van der Waals surface area contributed by atoms with Crippen molar-refractivity contribution in [3.63, 3.8) is 0 Å². The van der Waals surface area contributed by atoms with Crippen molar-refractivity contribution in [1.82, 2.24) is 0 Å². The maximum absolute atomic E-state index is 9.01. The molecule has 0 bridgehead atoms. The van der Waals surface area contributed by atoms with Gasteiger partial charge in [-0.3, -0.25) is 0 Å². The predicted octanol–water partition coefficient (Wildman–Crippen LogP) is 3.73. The third kappa shape index (κ3) is 1.14. The second-order valence-corrected chi connectivity index (χ2v) is 4.33. The summed E-state index contributed by atoms with van der Waals surface area (Å²) in [6.45, 7) is 0. The van der Waals surface area contributed by atoms with Gasteiger partial charge in [0.25, 0.3) is 0 Å². The average Bonchev–Trinajstić information content (AvgIpc) is 2.67. The largest absolute Gasteiger partial charge is 0.192 e. The zero-order valence-corrected chi connectivity index (χ0v) is 8.64. The molecular formula is C13H6NS. The summed E-state index contributed by atoms with van der Waals surface area (Å²) in [5.74, 6) is 0. The third-order valence-electron chi connectivity index (χ3n) is 2.45. The van der Waals surface area contributed by atoms with Crippen molar-refractivity contribution in [3.8, 4) is 6.07 Å². The molecular weight excluding hydrogens is 202 g/mol. The van der Waals surface area contributed by atoms with E-state index in [1.165, 1.54) is 5.39 Å². The first-order valence-electron chi connectivity index (χ1n) is 4.62. The van der Waals surface area contributed by atoms with E-state index in [0.717, 1.165) is 20.3 Å². The van der Waals surface area contributed by atoms with E-state index in [1.54, 1.807) is 11.3 Å². The van der Waals surface area contributed by atoms with Gasteiger partial charge in [0, 0.05) is 21.5 Å². The molecule has 0 unspecified atom stereocenters. The van der Waals surface area contributed by atoms with Crippen molar-refractivity contribution in [1.29, 1.82) is 5.26 Å². The summed E-state index contributed by atoms with van der Waals surface area (Å²) in [4.78, 5) is 0. The summed E-state index contributed by atoms with van der Waals surface area (Å²) in [5.41, 5.74) is 0.752. The Balaban J connectivity index is 2.61. The first-order chi connectivity index (χ1) is 7.40. The van der Waals surface area contributed by atoms with Crippen molar-refractivity contribution >= 4 is 31.5 Å². The van der Waals surface area contributed by atoms with Gasteiger partial charge in [-0.2, -0.15) is 5.26 Å². The molecule has 2 heteroatoms. The Morgan fingerprint density at radius 2 is 2.00 bits per heavy atom. The van der Waals surface area contributed by atoms with Gasteiger partial charge in [0.15, 0.2) is 0 Å². The highest BCUT2D eigenvalue weighted by Gasteiger charge is 2.07. The molecule has 0 spiro atoms. The number of benzene rings is 2. The number of thiophene rings is 1. The SMILES string of the molecule is N#Cc1cccc2c1sc1[c]cccc12. The van der Waals surface area contributed by atoms with E-state index in [1.807, 2.05) is 24.3 Å². The maximum Gasteiger partial charge on any atom is 0.101 e. The number of hydrogen-bond donors (Lipinski definition) is 0. The van der Waals surface area contributed by atoms with Gasteiger partial charge >= 0.3 is 0 Å². The van der Waals surface area contributed by atoms with E-state index in [9.17, 15) is 0 Å². The van der Waals surface area contributed by atoms with E-state index < -0.39 is 0 Å². The molecule has 1 aromatic heterocycles. The van der Waals surface area contributed by atoms with Crippen LogP contribution in [0.15, 0.2) is 36.4 Å². The van der Waals surface area contributed by atoms with Gasteiger partial charge in [0.2, 0.25) is 0 Å². The molecule has 0 aliphatic heterocycles. The van der Waals surface area contributed by atoms with Gasteiger partial charge in [0.1, 0.15) is 6.07 Å². The quantitative estimate of drug-likeness (QED) is 0.552. The third-order valence-corrected chi connectivity index (χ3v) is 3.63. The Bertz CT molecular complexity index is 688. The summed E-state index contributed by atoms with van der Waals surface area (Å²) in [7, 11) is 0. The molecule has 1 radical (unpaired) electrons. The zero-order chi connectivity index (χ0) is 10.3. The first kappa shape index (κ1) is 8.46. The van der Waals surface area contributed by atoms with Crippen molar-refractivity contribution in [3.05, 3.63) is 48.0 Å². The number of nitriles is 1. The highest BCUT2D eigenvalue weighted by atomic mass is 32.1. The maximum atomic E-state index is 9.01. The topological polar surface area (TPSA) is 23.8 Å². The summed E-state index contributed by atoms with van der Waals surface area (Å²) in [6.07, 6.45) is 0. The van der Waals surface area contributed by atoms with Gasteiger partial charge in [-0.25, -0.2) is 0 Å². The van der Waals surface area contributed by atoms with E-state index in [-0.39, 0.29) is 0 Å². The van der Waals surface area contributed by atoms with Crippen LogP contribution in [0.25, 0.3) is 20.2 Å². The average molecular weight is 208 g/mol. The molecule has 2 aromatic carbocycles. The van der Waals surface area contributed by atoms with Gasteiger partial charge in [-0.15, -0.1) is 11.3 Å². The Morgan fingerprint density at radius 3 is 2.87 bits per heavy atom. The standard InChI is InChI=1S/C13H6NS/c14-8-9-4-3-6-11-10-5-1-2-7-12(10)15-13(9)11/h1-6H. The molecule has 0 saturated heterocycles. The summed E-state index contributed by atoms with van der Waals surface area (Å²) < 4.78 is 2.19. The van der Waals surface area contributed by atoms with E-state index in [0.29, 0.717) is 0 Å². The summed E-state index contributed by atoms with van der Waals surface area (Å²) in [6, 6.07) is 17.2. The molecule has 69 valence electrons. The summed E-state index contributed by atoms with van der Waals surface area (Å²) >= 11 is 1.63. The van der Waals surface area contributed by atoms with Crippen molar-refractivity contribution in [2.24, 2.45) is 0 Å². The fraction of sp³-hybridized carbons (Fsp3) is 0. The number of fused-ring (bicyclic) bond motifs is 3. The van der Waals surface area contributed by atoms with Crippen LogP contribution in [0.1, 0.15) is 5.56 Å². The van der Waals surface area contributed by atoms with Crippen molar-refractivity contribution in [2.75, 3.05) is 0 Å². The second-order valence-electron chi connectivity index (χ2n) is 3.31. The second kappa shape index (κ2) is 3.08. The fourth-order valence-electron chi connectivity index (χ4n) is 1.77. The number of hydrogen-bond acceptors (Lipinski definition) is 2. The molecule has 0 saturated carbocycles. The monoisotopic (exact) mass is 208 g/mol. The van der Waals surface area contributed by atoms with Crippen LogP contribution < -0.4 is 0 Å². The van der Waals surface area contributed by atoms with E-state index in [2.05, 4.69) is 24.3 Å². The molecule has 0 fully saturated rings. The predicted molar refractivity (Wildman–Crippen MR) is 62.9 cm³/mol. The molecule has 3 aromatic rings.